The Labute approximate surface area is 118 Å². The highest BCUT2D eigenvalue weighted by atomic mass is 35.5. The molecule has 1 N–H and O–H groups in total. The second kappa shape index (κ2) is 6.92. The van der Waals surface area contributed by atoms with Gasteiger partial charge in [0.1, 0.15) is 11.6 Å². The van der Waals surface area contributed by atoms with Crippen LogP contribution >= 0.6 is 11.6 Å². The van der Waals surface area contributed by atoms with E-state index in [1.54, 1.807) is 6.07 Å². The zero-order valence-electron chi connectivity index (χ0n) is 11.1. The summed E-state index contributed by atoms with van der Waals surface area (Å²) in [7, 11) is 0. The highest BCUT2D eigenvalue weighted by molar-refractivity contribution is 6.30. The Morgan fingerprint density at radius 1 is 1.47 bits per heavy atom. The van der Waals surface area contributed by atoms with E-state index in [4.69, 9.17) is 16.3 Å². The van der Waals surface area contributed by atoms with Crippen LogP contribution in [0.15, 0.2) is 30.0 Å². The van der Waals surface area contributed by atoms with Gasteiger partial charge in [0.15, 0.2) is 0 Å². The molecular weight excluding hydrogens is 265 g/mol. The fraction of sp³-hybridized carbons (Fsp3) is 0.467. The lowest BCUT2D eigenvalue weighted by Gasteiger charge is -2.25. The van der Waals surface area contributed by atoms with E-state index in [9.17, 15) is 4.39 Å². The van der Waals surface area contributed by atoms with Crippen molar-refractivity contribution >= 4 is 11.6 Å². The molecule has 0 amide bonds. The molecule has 1 heterocycles. The molecule has 0 saturated carbocycles. The number of benzene rings is 1. The van der Waals surface area contributed by atoms with Crippen molar-refractivity contribution in [3.05, 3.63) is 46.4 Å². The van der Waals surface area contributed by atoms with Crippen LogP contribution in [0.4, 0.5) is 4.39 Å². The minimum absolute atomic E-state index is 0.0907. The minimum Gasteiger partial charge on any atom is -0.496 e. The van der Waals surface area contributed by atoms with Crippen molar-refractivity contribution in [1.82, 2.24) is 5.32 Å². The van der Waals surface area contributed by atoms with Crippen molar-refractivity contribution in [3.8, 4) is 0 Å². The van der Waals surface area contributed by atoms with Crippen LogP contribution in [-0.4, -0.2) is 13.2 Å². The van der Waals surface area contributed by atoms with E-state index in [-0.39, 0.29) is 16.9 Å². The Kier molecular flexibility index (Phi) is 5.23. The van der Waals surface area contributed by atoms with Crippen molar-refractivity contribution in [1.29, 1.82) is 0 Å². The molecule has 2 nitrogen and oxygen atoms in total. The average molecular weight is 284 g/mol. The zero-order valence-corrected chi connectivity index (χ0v) is 11.8. The lowest BCUT2D eigenvalue weighted by atomic mass is 10.0. The first-order valence-corrected chi connectivity index (χ1v) is 7.11. The van der Waals surface area contributed by atoms with Crippen LogP contribution in [0.2, 0.25) is 5.02 Å². The SMILES string of the molecule is CCCNC(C1=CCCCO1)c1ccc(Cl)c(F)c1. The molecule has 1 aromatic carbocycles. The molecule has 104 valence electrons. The third kappa shape index (κ3) is 3.71. The van der Waals surface area contributed by atoms with Crippen molar-refractivity contribution in [2.24, 2.45) is 0 Å². The van der Waals surface area contributed by atoms with Crippen LogP contribution in [0.5, 0.6) is 0 Å². The molecule has 19 heavy (non-hydrogen) atoms. The van der Waals surface area contributed by atoms with Crippen LogP contribution in [0.1, 0.15) is 37.8 Å². The van der Waals surface area contributed by atoms with Crippen LogP contribution in [0, 0.1) is 5.82 Å². The van der Waals surface area contributed by atoms with Gasteiger partial charge in [-0.25, -0.2) is 4.39 Å². The molecule has 0 aromatic heterocycles. The smallest absolute Gasteiger partial charge is 0.142 e. The first kappa shape index (κ1) is 14.4. The second-order valence-electron chi connectivity index (χ2n) is 4.66. The summed E-state index contributed by atoms with van der Waals surface area (Å²) in [6.07, 6.45) is 5.15. The molecule has 0 fully saturated rings. The number of rotatable bonds is 5. The first-order chi connectivity index (χ1) is 9.22. The molecule has 1 aliphatic heterocycles. The Morgan fingerprint density at radius 2 is 2.32 bits per heavy atom. The van der Waals surface area contributed by atoms with Crippen LogP contribution in [0.25, 0.3) is 0 Å². The first-order valence-electron chi connectivity index (χ1n) is 6.73. The zero-order chi connectivity index (χ0) is 13.7. The second-order valence-corrected chi connectivity index (χ2v) is 5.07. The number of hydrogen-bond acceptors (Lipinski definition) is 2. The summed E-state index contributed by atoms with van der Waals surface area (Å²) in [6, 6.07) is 4.83. The van der Waals surface area contributed by atoms with E-state index in [0.29, 0.717) is 0 Å². The van der Waals surface area contributed by atoms with Gasteiger partial charge >= 0.3 is 0 Å². The number of hydrogen-bond donors (Lipinski definition) is 1. The summed E-state index contributed by atoms with van der Waals surface area (Å²) in [5.74, 6) is 0.500. The maximum Gasteiger partial charge on any atom is 0.142 e. The van der Waals surface area contributed by atoms with Crippen molar-refractivity contribution < 1.29 is 9.13 Å². The number of allylic oxidation sites excluding steroid dienone is 1. The molecule has 1 aliphatic rings. The molecule has 1 aromatic rings. The summed E-state index contributed by atoms with van der Waals surface area (Å²) < 4.78 is 19.3. The summed E-state index contributed by atoms with van der Waals surface area (Å²) in [4.78, 5) is 0. The molecular formula is C15H19ClFNO. The fourth-order valence-electron chi connectivity index (χ4n) is 2.14. The minimum atomic E-state index is -0.390. The maximum absolute atomic E-state index is 13.6. The summed E-state index contributed by atoms with van der Waals surface area (Å²) in [6.45, 7) is 3.68. The number of halogens is 2. The molecule has 2 rings (SSSR count). The monoisotopic (exact) mass is 283 g/mol. The topological polar surface area (TPSA) is 21.3 Å². The lowest BCUT2D eigenvalue weighted by Crippen LogP contribution is -2.26. The molecule has 1 atom stereocenters. The predicted molar refractivity (Wildman–Crippen MR) is 75.7 cm³/mol. The number of ether oxygens (including phenoxy) is 1. The largest absolute Gasteiger partial charge is 0.496 e. The maximum atomic E-state index is 13.6. The van der Waals surface area contributed by atoms with Gasteiger partial charge in [-0.2, -0.15) is 0 Å². The highest BCUT2D eigenvalue weighted by Crippen LogP contribution is 2.28. The van der Waals surface area contributed by atoms with E-state index in [1.165, 1.54) is 6.07 Å². The van der Waals surface area contributed by atoms with Crippen LogP contribution < -0.4 is 5.32 Å². The fourth-order valence-corrected chi connectivity index (χ4v) is 2.26. The van der Waals surface area contributed by atoms with Gasteiger partial charge in [0.2, 0.25) is 0 Å². The van der Waals surface area contributed by atoms with Crippen LogP contribution in [-0.2, 0) is 4.74 Å². The van der Waals surface area contributed by atoms with Gasteiger partial charge in [-0.3, -0.25) is 0 Å². The molecule has 4 heteroatoms. The Morgan fingerprint density at radius 3 is 2.95 bits per heavy atom. The third-order valence-electron chi connectivity index (χ3n) is 3.12. The normalized spacial score (nSPS) is 16.7. The van der Waals surface area contributed by atoms with E-state index in [1.807, 2.05) is 6.07 Å². The molecule has 0 bridgehead atoms. The Balaban J connectivity index is 2.25. The van der Waals surface area contributed by atoms with Crippen molar-refractivity contribution in [2.75, 3.05) is 13.2 Å². The van der Waals surface area contributed by atoms with Gasteiger partial charge in [0, 0.05) is 0 Å². The van der Waals surface area contributed by atoms with Gasteiger partial charge in [-0.15, -0.1) is 0 Å². The molecule has 0 spiro atoms. The van der Waals surface area contributed by atoms with Crippen LogP contribution in [0.3, 0.4) is 0 Å². The summed E-state index contributed by atoms with van der Waals surface area (Å²) in [5, 5.41) is 3.55. The molecule has 0 saturated heterocycles. The molecule has 0 radical (unpaired) electrons. The van der Waals surface area contributed by atoms with E-state index >= 15 is 0 Å². The summed E-state index contributed by atoms with van der Waals surface area (Å²) >= 11 is 5.73. The Hall–Kier alpha value is -1.06. The van der Waals surface area contributed by atoms with Gasteiger partial charge in [-0.05, 0) is 49.6 Å². The molecule has 1 unspecified atom stereocenters. The number of nitrogens with one attached hydrogen (secondary N) is 1. The van der Waals surface area contributed by atoms with Gasteiger partial charge in [0.25, 0.3) is 0 Å². The Bertz CT molecular complexity index is 461. The lowest BCUT2D eigenvalue weighted by molar-refractivity contribution is 0.167. The van der Waals surface area contributed by atoms with Gasteiger partial charge < -0.3 is 10.1 Å². The van der Waals surface area contributed by atoms with E-state index in [2.05, 4.69) is 18.3 Å². The summed E-state index contributed by atoms with van der Waals surface area (Å²) in [5.41, 5.74) is 0.850. The highest BCUT2D eigenvalue weighted by Gasteiger charge is 2.20. The predicted octanol–water partition coefficient (Wildman–Crippen LogP) is 4.21. The standard InChI is InChI=1S/C15H19ClFNO/c1-2-8-18-15(14-5-3-4-9-19-14)11-6-7-12(16)13(17)10-11/h5-7,10,15,18H,2-4,8-9H2,1H3. The molecule has 0 aliphatic carbocycles. The van der Waals surface area contributed by atoms with Crippen molar-refractivity contribution in [3.63, 3.8) is 0 Å². The van der Waals surface area contributed by atoms with E-state index in [0.717, 1.165) is 43.7 Å². The third-order valence-corrected chi connectivity index (χ3v) is 3.43. The van der Waals surface area contributed by atoms with Crippen molar-refractivity contribution in [2.45, 2.75) is 32.2 Å². The van der Waals surface area contributed by atoms with E-state index < -0.39 is 0 Å². The van der Waals surface area contributed by atoms with Gasteiger partial charge in [-0.1, -0.05) is 24.6 Å². The quantitative estimate of drug-likeness (QED) is 0.874. The average Bonchev–Trinajstić information content (AvgIpc) is 2.44. The van der Waals surface area contributed by atoms with Gasteiger partial charge in [0.05, 0.1) is 17.7 Å².